The maximum Gasteiger partial charge on any atom is 0.340 e. The lowest BCUT2D eigenvalue weighted by Gasteiger charge is -2.23. The van der Waals surface area contributed by atoms with Crippen LogP contribution in [0.4, 0.5) is 5.69 Å². The van der Waals surface area contributed by atoms with Gasteiger partial charge in [0.1, 0.15) is 5.69 Å². The van der Waals surface area contributed by atoms with Crippen LogP contribution in [0.1, 0.15) is 47.3 Å². The van der Waals surface area contributed by atoms with Crippen molar-refractivity contribution in [2.75, 3.05) is 18.1 Å². The lowest BCUT2D eigenvalue weighted by atomic mass is 10.1. The Balaban J connectivity index is 2.45. The number of aromatic nitrogens is 2. The second kappa shape index (κ2) is 7.77. The van der Waals surface area contributed by atoms with Crippen LogP contribution >= 0.6 is 0 Å². The molecule has 0 fully saturated rings. The van der Waals surface area contributed by atoms with Gasteiger partial charge in [-0.2, -0.15) is 5.10 Å². The summed E-state index contributed by atoms with van der Waals surface area (Å²) >= 11 is 0. The predicted molar refractivity (Wildman–Crippen MR) is 92.4 cm³/mol. The van der Waals surface area contributed by atoms with Gasteiger partial charge in [0.15, 0.2) is 0 Å². The topological polar surface area (TPSA) is 64.4 Å². The molecule has 0 saturated carbocycles. The van der Waals surface area contributed by atoms with E-state index >= 15 is 0 Å². The quantitative estimate of drug-likeness (QED) is 0.764. The lowest BCUT2D eigenvalue weighted by molar-refractivity contribution is 0.0527. The number of esters is 1. The minimum atomic E-state index is -0.431. The van der Waals surface area contributed by atoms with Crippen molar-refractivity contribution in [3.63, 3.8) is 0 Å². The molecule has 1 aromatic heterocycles. The number of carbonyl (C=O) groups is 2. The molecule has 24 heavy (non-hydrogen) atoms. The normalized spacial score (nSPS) is 10.5. The highest BCUT2D eigenvalue weighted by atomic mass is 16.5. The second-order valence-corrected chi connectivity index (χ2v) is 5.27. The van der Waals surface area contributed by atoms with E-state index in [1.807, 2.05) is 20.8 Å². The van der Waals surface area contributed by atoms with Gasteiger partial charge in [0.2, 0.25) is 0 Å². The third-order valence-corrected chi connectivity index (χ3v) is 3.67. The minimum absolute atomic E-state index is 0.184. The van der Waals surface area contributed by atoms with Crippen molar-refractivity contribution in [1.82, 2.24) is 9.78 Å². The Kier molecular flexibility index (Phi) is 5.73. The Morgan fingerprint density at radius 2 is 1.92 bits per heavy atom. The molecule has 0 spiro atoms. The molecule has 1 aromatic carbocycles. The average molecular weight is 329 g/mol. The van der Waals surface area contributed by atoms with Crippen LogP contribution in [-0.4, -0.2) is 34.8 Å². The number of ether oxygens (including phenoxy) is 1. The van der Waals surface area contributed by atoms with Gasteiger partial charge in [-0.25, -0.2) is 4.79 Å². The first-order valence-corrected chi connectivity index (χ1v) is 8.15. The highest BCUT2D eigenvalue weighted by molar-refractivity contribution is 6.08. The van der Waals surface area contributed by atoms with Crippen molar-refractivity contribution >= 4 is 17.6 Å². The van der Waals surface area contributed by atoms with Gasteiger partial charge in [0.05, 0.1) is 23.6 Å². The Labute approximate surface area is 142 Å². The van der Waals surface area contributed by atoms with Crippen LogP contribution < -0.4 is 4.90 Å². The first-order valence-electron chi connectivity index (χ1n) is 8.15. The lowest BCUT2D eigenvalue weighted by Crippen LogP contribution is -2.33. The minimum Gasteiger partial charge on any atom is -0.462 e. The zero-order valence-corrected chi connectivity index (χ0v) is 14.6. The summed E-state index contributed by atoms with van der Waals surface area (Å²) < 4.78 is 6.78. The molecule has 2 rings (SSSR count). The average Bonchev–Trinajstić information content (AvgIpc) is 2.97. The van der Waals surface area contributed by atoms with Crippen LogP contribution in [0.5, 0.6) is 0 Å². The molecule has 0 unspecified atom stereocenters. The summed E-state index contributed by atoms with van der Waals surface area (Å²) in [6, 6.07) is 8.76. The van der Waals surface area contributed by atoms with Gasteiger partial charge < -0.3 is 9.64 Å². The third kappa shape index (κ3) is 3.48. The van der Waals surface area contributed by atoms with Crippen molar-refractivity contribution < 1.29 is 14.3 Å². The summed E-state index contributed by atoms with van der Waals surface area (Å²) in [6.07, 6.45) is 0. The molecule has 0 N–H and O–H groups in total. The Hall–Kier alpha value is -2.63. The van der Waals surface area contributed by atoms with E-state index in [9.17, 15) is 9.59 Å². The number of para-hydroxylation sites is 1. The maximum atomic E-state index is 13.0. The summed E-state index contributed by atoms with van der Waals surface area (Å²) in [4.78, 5) is 26.8. The molecule has 0 atom stereocenters. The maximum absolute atomic E-state index is 13.0. The number of hydrogen-bond acceptors (Lipinski definition) is 4. The molecule has 0 aliphatic carbocycles. The molecule has 0 bridgehead atoms. The van der Waals surface area contributed by atoms with Crippen LogP contribution in [0, 0.1) is 6.92 Å². The SMILES string of the molecule is CCOC(=O)c1ccccc1N(CC)C(=O)c1cc(C)nn1CC. The molecule has 2 aromatic rings. The molecule has 0 aliphatic rings. The van der Waals surface area contributed by atoms with Gasteiger partial charge >= 0.3 is 5.97 Å². The molecule has 0 saturated heterocycles. The van der Waals surface area contributed by atoms with E-state index in [2.05, 4.69) is 5.10 Å². The van der Waals surface area contributed by atoms with E-state index in [1.165, 1.54) is 0 Å². The fourth-order valence-corrected chi connectivity index (χ4v) is 2.61. The standard InChI is InChI=1S/C18H23N3O3/c1-5-20(17(22)16-12-13(4)19-21(16)6-2)15-11-9-8-10-14(15)18(23)24-7-3/h8-12H,5-7H2,1-4H3. The van der Waals surface area contributed by atoms with Crippen molar-refractivity contribution in [3.05, 3.63) is 47.3 Å². The molecule has 6 nitrogen and oxygen atoms in total. The summed E-state index contributed by atoms with van der Waals surface area (Å²) in [5.41, 5.74) is 2.23. The molecule has 0 aliphatic heterocycles. The number of rotatable bonds is 6. The van der Waals surface area contributed by atoms with Crippen LogP contribution in [0.15, 0.2) is 30.3 Å². The molecular formula is C18H23N3O3. The summed E-state index contributed by atoms with van der Waals surface area (Å²) in [5.74, 6) is -0.615. The van der Waals surface area contributed by atoms with E-state index in [-0.39, 0.29) is 12.5 Å². The number of nitrogens with zero attached hydrogens (tertiary/aromatic N) is 3. The molecule has 128 valence electrons. The molecule has 1 amide bonds. The highest BCUT2D eigenvalue weighted by Gasteiger charge is 2.24. The number of carbonyl (C=O) groups excluding carboxylic acids is 2. The third-order valence-electron chi connectivity index (χ3n) is 3.67. The number of amides is 1. The molecule has 1 heterocycles. The zero-order valence-electron chi connectivity index (χ0n) is 14.6. The zero-order chi connectivity index (χ0) is 17.7. The predicted octanol–water partition coefficient (Wildman–Crippen LogP) is 3.05. The van der Waals surface area contributed by atoms with Crippen LogP contribution in [0.25, 0.3) is 0 Å². The number of hydrogen-bond donors (Lipinski definition) is 0. The number of anilines is 1. The summed E-state index contributed by atoms with van der Waals surface area (Å²) in [7, 11) is 0. The first-order chi connectivity index (χ1) is 11.5. The van der Waals surface area contributed by atoms with Crippen LogP contribution in [0.3, 0.4) is 0 Å². The van der Waals surface area contributed by atoms with Gasteiger partial charge in [0, 0.05) is 13.1 Å². The van der Waals surface area contributed by atoms with Gasteiger partial charge in [0.25, 0.3) is 5.91 Å². The Bertz CT molecular complexity index is 737. The van der Waals surface area contributed by atoms with E-state index in [1.54, 1.807) is 46.8 Å². The summed E-state index contributed by atoms with van der Waals surface area (Å²) in [5, 5.41) is 4.33. The fourth-order valence-electron chi connectivity index (χ4n) is 2.61. The molecule has 6 heteroatoms. The van der Waals surface area contributed by atoms with Crippen molar-refractivity contribution in [1.29, 1.82) is 0 Å². The molecule has 0 radical (unpaired) electrons. The highest BCUT2D eigenvalue weighted by Crippen LogP contribution is 2.23. The van der Waals surface area contributed by atoms with E-state index < -0.39 is 5.97 Å². The van der Waals surface area contributed by atoms with E-state index in [0.29, 0.717) is 30.0 Å². The smallest absolute Gasteiger partial charge is 0.340 e. The number of aryl methyl sites for hydroxylation is 2. The van der Waals surface area contributed by atoms with Gasteiger partial charge in [-0.05, 0) is 45.9 Å². The van der Waals surface area contributed by atoms with Gasteiger partial charge in [-0.3, -0.25) is 9.48 Å². The Morgan fingerprint density at radius 1 is 1.21 bits per heavy atom. The fraction of sp³-hybridized carbons (Fsp3) is 0.389. The monoisotopic (exact) mass is 329 g/mol. The van der Waals surface area contributed by atoms with Gasteiger partial charge in [-0.15, -0.1) is 0 Å². The van der Waals surface area contributed by atoms with Crippen molar-refractivity contribution in [3.8, 4) is 0 Å². The Morgan fingerprint density at radius 3 is 2.54 bits per heavy atom. The second-order valence-electron chi connectivity index (χ2n) is 5.27. The van der Waals surface area contributed by atoms with Crippen LogP contribution in [-0.2, 0) is 11.3 Å². The van der Waals surface area contributed by atoms with Crippen LogP contribution in [0.2, 0.25) is 0 Å². The largest absolute Gasteiger partial charge is 0.462 e. The number of benzene rings is 1. The van der Waals surface area contributed by atoms with Crippen molar-refractivity contribution in [2.24, 2.45) is 0 Å². The van der Waals surface area contributed by atoms with E-state index in [0.717, 1.165) is 5.69 Å². The van der Waals surface area contributed by atoms with Gasteiger partial charge in [-0.1, -0.05) is 12.1 Å². The molecular weight excluding hydrogens is 306 g/mol. The van der Waals surface area contributed by atoms with Crippen molar-refractivity contribution in [2.45, 2.75) is 34.2 Å². The summed E-state index contributed by atoms with van der Waals surface area (Å²) in [6.45, 7) is 8.74. The first kappa shape index (κ1) is 17.7. The van der Waals surface area contributed by atoms with E-state index in [4.69, 9.17) is 4.74 Å².